The Morgan fingerprint density at radius 3 is 2.18 bits per heavy atom. The van der Waals surface area contributed by atoms with Gasteiger partial charge >= 0.3 is 0 Å². The molecular weight excluding hydrogens is 365 g/mol. The Morgan fingerprint density at radius 2 is 1.59 bits per heavy atom. The number of allylic oxidation sites excluding steroid dienone is 1. The van der Waals surface area contributed by atoms with Crippen LogP contribution in [0.1, 0.15) is 5.56 Å². The van der Waals surface area contributed by atoms with Crippen molar-refractivity contribution in [1.82, 2.24) is 0 Å². The number of halogens is 3. The van der Waals surface area contributed by atoms with E-state index in [4.69, 9.17) is 34.8 Å². The first kappa shape index (κ1) is 16.9. The first-order valence-electron chi connectivity index (χ1n) is 5.92. The number of rotatable bonds is 3. The van der Waals surface area contributed by atoms with Gasteiger partial charge in [-0.2, -0.15) is 5.26 Å². The minimum atomic E-state index is -4.06. The van der Waals surface area contributed by atoms with Crippen molar-refractivity contribution in [2.24, 2.45) is 0 Å². The van der Waals surface area contributed by atoms with Crippen LogP contribution in [0, 0.1) is 11.3 Å². The van der Waals surface area contributed by atoms with Crippen molar-refractivity contribution in [2.45, 2.75) is 4.90 Å². The fraction of sp³-hybridized carbons (Fsp3) is 0. The highest BCUT2D eigenvalue weighted by Gasteiger charge is 2.24. The van der Waals surface area contributed by atoms with Gasteiger partial charge in [0.1, 0.15) is 11.0 Å². The average Bonchev–Trinajstić information content (AvgIpc) is 2.48. The van der Waals surface area contributed by atoms with Crippen LogP contribution in [-0.2, 0) is 9.84 Å². The maximum atomic E-state index is 12.5. The number of hydrogen-bond donors (Lipinski definition) is 0. The van der Waals surface area contributed by atoms with Gasteiger partial charge in [0.2, 0.25) is 9.84 Å². The second kappa shape index (κ2) is 6.72. The largest absolute Gasteiger partial charge is 0.218 e. The smallest absolute Gasteiger partial charge is 0.218 e. The molecule has 0 radical (unpaired) electrons. The summed E-state index contributed by atoms with van der Waals surface area (Å²) in [6.45, 7) is 0. The fourth-order valence-corrected chi connectivity index (χ4v) is 3.72. The van der Waals surface area contributed by atoms with Crippen LogP contribution in [0.4, 0.5) is 0 Å². The van der Waals surface area contributed by atoms with E-state index in [2.05, 4.69) is 0 Å². The Balaban J connectivity index is 2.57. The summed E-state index contributed by atoms with van der Waals surface area (Å²) in [6, 6.07) is 12.2. The third-order valence-electron chi connectivity index (χ3n) is 2.75. The second-order valence-electron chi connectivity index (χ2n) is 4.25. The molecule has 22 heavy (non-hydrogen) atoms. The summed E-state index contributed by atoms with van der Waals surface area (Å²) in [5.74, 6) is 0. The van der Waals surface area contributed by atoms with Gasteiger partial charge in [0.25, 0.3) is 0 Å². The summed E-state index contributed by atoms with van der Waals surface area (Å²) in [6.07, 6.45) is 1.25. The van der Waals surface area contributed by atoms with E-state index in [0.29, 0.717) is 10.6 Å². The Morgan fingerprint density at radius 1 is 1.00 bits per heavy atom. The van der Waals surface area contributed by atoms with Crippen LogP contribution in [0.3, 0.4) is 0 Å². The SMILES string of the molecule is N#C/C(=C\c1ccc(Cl)cc1)S(=O)(=O)c1cc(Cl)ccc1Cl. The zero-order valence-electron chi connectivity index (χ0n) is 10.9. The van der Waals surface area contributed by atoms with Crippen LogP contribution >= 0.6 is 34.8 Å². The summed E-state index contributed by atoms with van der Waals surface area (Å²) in [4.78, 5) is -0.637. The van der Waals surface area contributed by atoms with Crippen molar-refractivity contribution in [1.29, 1.82) is 5.26 Å². The van der Waals surface area contributed by atoms with E-state index in [-0.39, 0.29) is 14.9 Å². The van der Waals surface area contributed by atoms with Gasteiger partial charge in [-0.25, -0.2) is 8.42 Å². The van der Waals surface area contributed by atoms with Crippen molar-refractivity contribution in [3.63, 3.8) is 0 Å². The summed E-state index contributed by atoms with van der Waals surface area (Å²) in [5, 5.41) is 9.93. The van der Waals surface area contributed by atoms with E-state index in [1.54, 1.807) is 30.3 Å². The highest BCUT2D eigenvalue weighted by atomic mass is 35.5. The molecule has 0 N–H and O–H groups in total. The van der Waals surface area contributed by atoms with E-state index < -0.39 is 14.7 Å². The number of hydrogen-bond acceptors (Lipinski definition) is 3. The van der Waals surface area contributed by atoms with Crippen molar-refractivity contribution >= 4 is 50.7 Å². The van der Waals surface area contributed by atoms with Gasteiger partial charge < -0.3 is 0 Å². The molecule has 7 heteroatoms. The van der Waals surface area contributed by atoms with E-state index in [1.807, 2.05) is 0 Å². The lowest BCUT2D eigenvalue weighted by atomic mass is 10.2. The topological polar surface area (TPSA) is 57.9 Å². The van der Waals surface area contributed by atoms with Crippen LogP contribution in [0.5, 0.6) is 0 Å². The van der Waals surface area contributed by atoms with E-state index in [0.717, 1.165) is 0 Å². The monoisotopic (exact) mass is 371 g/mol. The third-order valence-corrected chi connectivity index (χ3v) is 5.38. The molecule has 3 nitrogen and oxygen atoms in total. The lowest BCUT2D eigenvalue weighted by Gasteiger charge is -2.06. The Labute approximate surface area is 143 Å². The molecule has 112 valence electrons. The predicted octanol–water partition coefficient (Wildman–Crippen LogP) is 4.99. The van der Waals surface area contributed by atoms with Crippen LogP contribution in [0.25, 0.3) is 6.08 Å². The molecule has 2 rings (SSSR count). The zero-order chi connectivity index (χ0) is 16.3. The van der Waals surface area contributed by atoms with Crippen LogP contribution in [0.2, 0.25) is 15.1 Å². The number of nitriles is 1. The molecule has 0 unspecified atom stereocenters. The Hall–Kier alpha value is -1.51. The van der Waals surface area contributed by atoms with E-state index in [9.17, 15) is 13.7 Å². The molecule has 0 aromatic heterocycles. The number of sulfone groups is 1. The highest BCUT2D eigenvalue weighted by molar-refractivity contribution is 7.95. The number of benzene rings is 2. The van der Waals surface area contributed by atoms with E-state index >= 15 is 0 Å². The predicted molar refractivity (Wildman–Crippen MR) is 88.7 cm³/mol. The van der Waals surface area contributed by atoms with Crippen molar-refractivity contribution in [2.75, 3.05) is 0 Å². The van der Waals surface area contributed by atoms with Gasteiger partial charge in [-0.15, -0.1) is 0 Å². The summed E-state index contributed by atoms with van der Waals surface area (Å²) >= 11 is 17.5. The molecule has 2 aromatic rings. The van der Waals surface area contributed by atoms with Gasteiger partial charge in [0.15, 0.2) is 0 Å². The quantitative estimate of drug-likeness (QED) is 0.713. The fourth-order valence-electron chi connectivity index (χ4n) is 1.68. The molecule has 0 aliphatic carbocycles. The van der Waals surface area contributed by atoms with Gasteiger partial charge in [0.05, 0.1) is 9.92 Å². The molecule has 0 spiro atoms. The van der Waals surface area contributed by atoms with Crippen LogP contribution in [0.15, 0.2) is 52.3 Å². The average molecular weight is 373 g/mol. The van der Waals surface area contributed by atoms with Crippen molar-refractivity contribution < 1.29 is 8.42 Å². The maximum Gasteiger partial charge on any atom is 0.218 e. The standard InChI is InChI=1S/C15H8Cl3NO2S/c16-11-3-1-10(2-4-11)7-13(9-19)22(20,21)15-8-12(17)5-6-14(15)18/h1-8H/b13-7+. The summed E-state index contributed by atoms with van der Waals surface area (Å²) < 4.78 is 25.1. The first-order chi connectivity index (χ1) is 10.3. The molecule has 0 aliphatic heterocycles. The zero-order valence-corrected chi connectivity index (χ0v) is 14.0. The van der Waals surface area contributed by atoms with Gasteiger partial charge in [-0.05, 0) is 42.0 Å². The van der Waals surface area contributed by atoms with Crippen molar-refractivity contribution in [3.05, 3.63) is 68.0 Å². The second-order valence-corrected chi connectivity index (χ2v) is 7.42. The molecule has 0 fully saturated rings. The maximum absolute atomic E-state index is 12.5. The summed E-state index contributed by atoms with van der Waals surface area (Å²) in [7, 11) is -4.06. The van der Waals surface area contributed by atoms with E-state index in [1.165, 1.54) is 24.3 Å². The minimum absolute atomic E-state index is 0.00153. The Kier molecular flexibility index (Phi) is 5.15. The van der Waals surface area contributed by atoms with Gasteiger partial charge in [-0.1, -0.05) is 46.9 Å². The molecule has 2 aromatic carbocycles. The molecule has 0 atom stereocenters. The van der Waals surface area contributed by atoms with Gasteiger partial charge in [0, 0.05) is 10.0 Å². The minimum Gasteiger partial charge on any atom is -0.218 e. The lowest BCUT2D eigenvalue weighted by molar-refractivity contribution is 0.603. The third kappa shape index (κ3) is 3.63. The highest BCUT2D eigenvalue weighted by Crippen LogP contribution is 2.30. The molecule has 0 amide bonds. The Bertz CT molecular complexity index is 882. The summed E-state index contributed by atoms with van der Waals surface area (Å²) in [5.41, 5.74) is 0.530. The molecule has 0 saturated heterocycles. The van der Waals surface area contributed by atoms with Gasteiger partial charge in [-0.3, -0.25) is 0 Å². The van der Waals surface area contributed by atoms with Crippen LogP contribution < -0.4 is 0 Å². The lowest BCUT2D eigenvalue weighted by Crippen LogP contribution is -2.04. The molecule has 0 bridgehead atoms. The molecule has 0 aliphatic rings. The first-order valence-corrected chi connectivity index (χ1v) is 8.54. The van der Waals surface area contributed by atoms with Crippen molar-refractivity contribution in [3.8, 4) is 6.07 Å². The molecule has 0 saturated carbocycles. The molecule has 0 heterocycles. The van der Waals surface area contributed by atoms with Crippen LogP contribution in [-0.4, -0.2) is 8.42 Å². The number of nitrogens with zero attached hydrogens (tertiary/aromatic N) is 1. The normalized spacial score (nSPS) is 12.0. The molecular formula is C15H8Cl3NO2S.